The molecule has 2 nitrogen and oxygen atoms in total. The van der Waals surface area contributed by atoms with E-state index in [0.29, 0.717) is 0 Å². The molecule has 104 valence electrons. The van der Waals surface area contributed by atoms with E-state index in [9.17, 15) is 0 Å². The predicted octanol–water partition coefficient (Wildman–Crippen LogP) is 3.72. The Bertz CT molecular complexity index is 587. The van der Waals surface area contributed by atoms with Gasteiger partial charge in [0.25, 0.3) is 0 Å². The largest absolute Gasteiger partial charge is 0.316 e. The highest BCUT2D eigenvalue weighted by Gasteiger charge is 2.14. The van der Waals surface area contributed by atoms with Crippen molar-refractivity contribution in [3.05, 3.63) is 58.2 Å². The van der Waals surface area contributed by atoms with Crippen molar-refractivity contribution in [2.24, 2.45) is 0 Å². The van der Waals surface area contributed by atoms with E-state index in [-0.39, 0.29) is 0 Å². The van der Waals surface area contributed by atoms with E-state index in [4.69, 9.17) is 11.6 Å². The van der Waals surface area contributed by atoms with E-state index in [1.807, 2.05) is 30.5 Å². The van der Waals surface area contributed by atoms with Gasteiger partial charge < -0.3 is 5.32 Å². The second-order valence-corrected chi connectivity index (χ2v) is 6.27. The molecule has 0 bridgehead atoms. The standard InChI is InChI=1S/C16H17ClN2S/c17-15-5-4-12-6-9-18-10-7-13(12)14(15)11-20-16-3-1-2-8-19-16/h1-5,8,18H,6-7,9-11H2. The molecule has 0 saturated carbocycles. The summed E-state index contributed by atoms with van der Waals surface area (Å²) in [5.41, 5.74) is 4.16. The maximum absolute atomic E-state index is 6.43. The van der Waals surface area contributed by atoms with Crippen LogP contribution < -0.4 is 5.32 Å². The molecule has 0 fully saturated rings. The van der Waals surface area contributed by atoms with Gasteiger partial charge in [0.05, 0.1) is 5.03 Å². The Hall–Kier alpha value is -1.03. The third-order valence-electron chi connectivity index (χ3n) is 3.60. The molecule has 1 aliphatic rings. The van der Waals surface area contributed by atoms with Gasteiger partial charge in [0, 0.05) is 17.0 Å². The maximum Gasteiger partial charge on any atom is 0.0963 e. The van der Waals surface area contributed by atoms with Crippen molar-refractivity contribution >= 4 is 23.4 Å². The summed E-state index contributed by atoms with van der Waals surface area (Å²) in [5.74, 6) is 0.888. The molecule has 0 saturated heterocycles. The maximum atomic E-state index is 6.43. The molecule has 2 heterocycles. The van der Waals surface area contributed by atoms with Gasteiger partial charge in [-0.3, -0.25) is 0 Å². The molecule has 0 atom stereocenters. The topological polar surface area (TPSA) is 24.9 Å². The minimum atomic E-state index is 0.883. The lowest BCUT2D eigenvalue weighted by atomic mass is 9.98. The van der Waals surface area contributed by atoms with Crippen LogP contribution in [0.3, 0.4) is 0 Å². The van der Waals surface area contributed by atoms with Crippen molar-refractivity contribution < 1.29 is 0 Å². The summed E-state index contributed by atoms with van der Waals surface area (Å²) in [5, 5.41) is 5.38. The monoisotopic (exact) mass is 304 g/mol. The first-order valence-corrected chi connectivity index (χ1v) is 8.24. The van der Waals surface area contributed by atoms with E-state index < -0.39 is 0 Å². The Labute approximate surface area is 129 Å². The molecule has 1 aromatic heterocycles. The van der Waals surface area contributed by atoms with Crippen LogP contribution in [0.1, 0.15) is 16.7 Å². The fourth-order valence-corrected chi connectivity index (χ4v) is 3.81. The zero-order valence-electron chi connectivity index (χ0n) is 11.2. The normalized spacial score (nSPS) is 14.7. The van der Waals surface area contributed by atoms with Gasteiger partial charge in [-0.1, -0.05) is 23.7 Å². The average molecular weight is 305 g/mol. The van der Waals surface area contributed by atoms with Gasteiger partial charge in [0.15, 0.2) is 0 Å². The third-order valence-corrected chi connectivity index (χ3v) is 4.92. The highest BCUT2D eigenvalue weighted by molar-refractivity contribution is 7.98. The third kappa shape index (κ3) is 3.17. The summed E-state index contributed by atoms with van der Waals surface area (Å²) in [6.45, 7) is 2.09. The smallest absolute Gasteiger partial charge is 0.0963 e. The number of benzene rings is 1. The Balaban J connectivity index is 1.85. The van der Waals surface area contributed by atoms with Crippen molar-refractivity contribution in [3.8, 4) is 0 Å². The van der Waals surface area contributed by atoms with Crippen LogP contribution >= 0.6 is 23.4 Å². The molecule has 0 amide bonds. The van der Waals surface area contributed by atoms with Crippen molar-refractivity contribution in [2.45, 2.75) is 23.6 Å². The van der Waals surface area contributed by atoms with Crippen LogP contribution in [-0.2, 0) is 18.6 Å². The second-order valence-electron chi connectivity index (χ2n) is 4.87. The summed E-state index contributed by atoms with van der Waals surface area (Å²) in [6.07, 6.45) is 3.99. The Kier molecular flexibility index (Phi) is 4.61. The number of thioether (sulfide) groups is 1. The molecule has 0 spiro atoms. The minimum absolute atomic E-state index is 0.883. The van der Waals surface area contributed by atoms with Gasteiger partial charge in [0.2, 0.25) is 0 Å². The minimum Gasteiger partial charge on any atom is -0.316 e. The fraction of sp³-hybridized carbons (Fsp3) is 0.312. The number of nitrogens with zero attached hydrogens (tertiary/aromatic N) is 1. The number of nitrogens with one attached hydrogen (secondary N) is 1. The van der Waals surface area contributed by atoms with Crippen molar-refractivity contribution in [1.82, 2.24) is 10.3 Å². The quantitative estimate of drug-likeness (QED) is 0.875. The van der Waals surface area contributed by atoms with E-state index >= 15 is 0 Å². The summed E-state index contributed by atoms with van der Waals surface area (Å²) in [7, 11) is 0. The number of hydrogen-bond donors (Lipinski definition) is 1. The van der Waals surface area contributed by atoms with Crippen LogP contribution in [0.2, 0.25) is 5.02 Å². The molecule has 3 rings (SSSR count). The molecule has 1 N–H and O–H groups in total. The molecular weight excluding hydrogens is 288 g/mol. The second kappa shape index (κ2) is 6.61. The van der Waals surface area contributed by atoms with Gasteiger partial charge in [-0.2, -0.15) is 0 Å². The first kappa shape index (κ1) is 13.9. The number of hydrogen-bond acceptors (Lipinski definition) is 3. The molecule has 4 heteroatoms. The molecular formula is C16H17ClN2S. The first-order chi connectivity index (χ1) is 9.84. The van der Waals surface area contributed by atoms with Crippen LogP contribution in [0.15, 0.2) is 41.6 Å². The van der Waals surface area contributed by atoms with Crippen LogP contribution in [-0.4, -0.2) is 18.1 Å². The highest BCUT2D eigenvalue weighted by atomic mass is 35.5. The Morgan fingerprint density at radius 1 is 1.15 bits per heavy atom. The summed E-state index contributed by atoms with van der Waals surface area (Å²) in [6, 6.07) is 10.2. The summed E-state index contributed by atoms with van der Waals surface area (Å²) in [4.78, 5) is 4.36. The van der Waals surface area contributed by atoms with Crippen LogP contribution in [0.4, 0.5) is 0 Å². The molecule has 1 aliphatic heterocycles. The molecule has 0 unspecified atom stereocenters. The zero-order valence-corrected chi connectivity index (χ0v) is 12.8. The van der Waals surface area contributed by atoms with Crippen LogP contribution in [0.25, 0.3) is 0 Å². The lowest BCUT2D eigenvalue weighted by Crippen LogP contribution is -2.16. The van der Waals surface area contributed by atoms with Crippen molar-refractivity contribution in [1.29, 1.82) is 0 Å². The lowest BCUT2D eigenvalue weighted by molar-refractivity contribution is 0.710. The lowest BCUT2D eigenvalue weighted by Gasteiger charge is -2.13. The predicted molar refractivity (Wildman–Crippen MR) is 85.5 cm³/mol. The first-order valence-electron chi connectivity index (χ1n) is 6.88. The van der Waals surface area contributed by atoms with Gasteiger partial charge in [0.1, 0.15) is 0 Å². The van der Waals surface area contributed by atoms with Gasteiger partial charge >= 0.3 is 0 Å². The molecule has 20 heavy (non-hydrogen) atoms. The molecule has 0 radical (unpaired) electrons. The number of rotatable bonds is 3. The SMILES string of the molecule is Clc1ccc2c(c1CSc1ccccn1)CCNCC2. The van der Waals surface area contributed by atoms with E-state index in [1.54, 1.807) is 11.8 Å². The highest BCUT2D eigenvalue weighted by Crippen LogP contribution is 2.31. The van der Waals surface area contributed by atoms with Crippen molar-refractivity contribution in [3.63, 3.8) is 0 Å². The zero-order chi connectivity index (χ0) is 13.8. The number of aromatic nitrogens is 1. The van der Waals surface area contributed by atoms with Gasteiger partial charge in [-0.15, -0.1) is 11.8 Å². The number of fused-ring (bicyclic) bond motifs is 1. The average Bonchev–Trinajstić information content (AvgIpc) is 2.73. The fourth-order valence-electron chi connectivity index (χ4n) is 2.55. The van der Waals surface area contributed by atoms with Gasteiger partial charge in [-0.05, 0) is 60.8 Å². The Morgan fingerprint density at radius 2 is 2.05 bits per heavy atom. The van der Waals surface area contributed by atoms with Crippen LogP contribution in [0.5, 0.6) is 0 Å². The molecule has 2 aromatic rings. The van der Waals surface area contributed by atoms with Crippen LogP contribution in [0, 0.1) is 0 Å². The van der Waals surface area contributed by atoms with E-state index in [0.717, 1.165) is 41.7 Å². The summed E-state index contributed by atoms with van der Waals surface area (Å²) < 4.78 is 0. The van der Waals surface area contributed by atoms with Crippen molar-refractivity contribution in [2.75, 3.05) is 13.1 Å². The van der Waals surface area contributed by atoms with E-state index in [2.05, 4.69) is 16.4 Å². The summed E-state index contributed by atoms with van der Waals surface area (Å²) >= 11 is 8.18. The van der Waals surface area contributed by atoms with E-state index in [1.165, 1.54) is 16.7 Å². The van der Waals surface area contributed by atoms with Gasteiger partial charge in [-0.25, -0.2) is 4.98 Å². The number of pyridine rings is 1. The number of halogens is 1. The molecule has 1 aromatic carbocycles. The Morgan fingerprint density at radius 3 is 2.90 bits per heavy atom. The molecule has 0 aliphatic carbocycles.